The Morgan fingerprint density at radius 3 is 2.73 bits per heavy atom. The van der Waals surface area contributed by atoms with Crippen molar-refractivity contribution in [2.75, 3.05) is 17.8 Å². The SMILES string of the molecule is Cc1ncnc2c1ncn2[C@@H]1O[C@H](C[S+](C)CC[C@@H](C)[NH3+])[C@@H](O)[C@H]1O.[CH3-]. The molecule has 0 aromatic carbocycles. The van der Waals surface area contributed by atoms with Gasteiger partial charge in [-0.15, -0.1) is 0 Å². The van der Waals surface area contributed by atoms with Gasteiger partial charge in [-0.25, -0.2) is 15.0 Å². The summed E-state index contributed by atoms with van der Waals surface area (Å²) in [5.41, 5.74) is 6.06. The van der Waals surface area contributed by atoms with E-state index in [1.165, 1.54) is 6.33 Å². The first-order valence-corrected chi connectivity index (χ1v) is 10.4. The van der Waals surface area contributed by atoms with E-state index in [2.05, 4.69) is 33.9 Å². The van der Waals surface area contributed by atoms with Crippen LogP contribution >= 0.6 is 0 Å². The minimum atomic E-state index is -1.01. The molecule has 9 heteroatoms. The number of aryl methyl sites for hydroxylation is 1. The van der Waals surface area contributed by atoms with Crippen molar-refractivity contribution >= 4 is 22.1 Å². The predicted molar refractivity (Wildman–Crippen MR) is 102 cm³/mol. The van der Waals surface area contributed by atoms with E-state index in [0.717, 1.165) is 23.6 Å². The molecule has 1 saturated heterocycles. The molecule has 1 unspecified atom stereocenters. The van der Waals surface area contributed by atoms with Gasteiger partial charge in [0.1, 0.15) is 41.7 Å². The number of aromatic nitrogens is 4. The molecule has 0 saturated carbocycles. The molecule has 26 heavy (non-hydrogen) atoms. The van der Waals surface area contributed by atoms with Gasteiger partial charge >= 0.3 is 0 Å². The van der Waals surface area contributed by atoms with E-state index >= 15 is 0 Å². The molecule has 6 atom stereocenters. The number of imidazole rings is 1. The van der Waals surface area contributed by atoms with E-state index in [4.69, 9.17) is 4.74 Å². The van der Waals surface area contributed by atoms with Gasteiger partial charge in [-0.2, -0.15) is 0 Å². The Morgan fingerprint density at radius 2 is 2.04 bits per heavy atom. The van der Waals surface area contributed by atoms with Crippen LogP contribution in [0.25, 0.3) is 11.2 Å². The summed E-state index contributed by atoms with van der Waals surface area (Å²) in [7, 11) is 0.105. The summed E-state index contributed by atoms with van der Waals surface area (Å²) in [5, 5.41) is 20.9. The Kier molecular flexibility index (Phi) is 6.98. The second-order valence-electron chi connectivity index (χ2n) is 6.88. The molecular weight excluding hydrogens is 354 g/mol. The average Bonchev–Trinajstić information content (AvgIpc) is 3.10. The normalized spacial score (nSPS) is 28.1. The third-order valence-corrected chi connectivity index (χ3v) is 6.39. The molecule has 1 aliphatic rings. The number of rotatable bonds is 6. The number of quaternary nitrogens is 1. The smallest absolute Gasteiger partial charge is 0.165 e. The van der Waals surface area contributed by atoms with Crippen LogP contribution in [0.2, 0.25) is 0 Å². The van der Waals surface area contributed by atoms with Gasteiger partial charge in [-0.3, -0.25) is 4.57 Å². The van der Waals surface area contributed by atoms with Gasteiger partial charge in [0.2, 0.25) is 0 Å². The minimum absolute atomic E-state index is 0. The molecule has 3 rings (SSSR count). The number of hydrogen-bond acceptors (Lipinski definition) is 6. The summed E-state index contributed by atoms with van der Waals surface area (Å²) >= 11 is 0. The van der Waals surface area contributed by atoms with E-state index in [1.54, 1.807) is 10.9 Å². The molecule has 0 amide bonds. The van der Waals surface area contributed by atoms with E-state index in [-0.39, 0.29) is 18.3 Å². The van der Waals surface area contributed by atoms with Gasteiger partial charge in [0.05, 0.1) is 24.3 Å². The molecule has 3 heterocycles. The van der Waals surface area contributed by atoms with Crippen molar-refractivity contribution in [2.45, 2.75) is 50.8 Å². The molecule has 0 aliphatic carbocycles. The monoisotopic (exact) mass is 384 g/mol. The number of aliphatic hydroxyl groups is 2. The van der Waals surface area contributed by atoms with E-state index < -0.39 is 24.5 Å². The zero-order chi connectivity index (χ0) is 18.1. The molecule has 2 aromatic heterocycles. The molecule has 1 fully saturated rings. The molecular formula is C17H30N5O3S+. The van der Waals surface area contributed by atoms with Crippen LogP contribution in [0.5, 0.6) is 0 Å². The first kappa shape index (κ1) is 21.0. The fourth-order valence-corrected chi connectivity index (χ4v) is 4.83. The Balaban J connectivity index is 0.00000243. The highest BCUT2D eigenvalue weighted by atomic mass is 32.2. The van der Waals surface area contributed by atoms with Gasteiger partial charge in [0, 0.05) is 6.42 Å². The van der Waals surface area contributed by atoms with E-state index in [0.29, 0.717) is 17.2 Å². The second-order valence-corrected chi connectivity index (χ2v) is 9.18. The van der Waals surface area contributed by atoms with Gasteiger partial charge in [0.25, 0.3) is 0 Å². The summed E-state index contributed by atoms with van der Waals surface area (Å²) in [6.45, 7) is 3.96. The molecule has 0 bridgehead atoms. The molecule has 0 spiro atoms. The average molecular weight is 385 g/mol. The van der Waals surface area contributed by atoms with Crippen LogP contribution in [-0.4, -0.2) is 71.8 Å². The molecule has 0 radical (unpaired) electrons. The molecule has 8 nitrogen and oxygen atoms in total. The van der Waals surface area contributed by atoms with Crippen LogP contribution in [0.4, 0.5) is 0 Å². The fraction of sp³-hybridized carbons (Fsp3) is 0.647. The van der Waals surface area contributed by atoms with Crippen LogP contribution in [-0.2, 0) is 15.6 Å². The Labute approximate surface area is 157 Å². The number of ether oxygens (including phenoxy) is 1. The largest absolute Gasteiger partial charge is 0.387 e. The molecule has 146 valence electrons. The van der Waals surface area contributed by atoms with Crippen LogP contribution in [0, 0.1) is 14.4 Å². The van der Waals surface area contributed by atoms with Gasteiger partial charge < -0.3 is 28.1 Å². The first-order chi connectivity index (χ1) is 11.9. The highest BCUT2D eigenvalue weighted by Crippen LogP contribution is 2.32. The lowest BCUT2D eigenvalue weighted by Gasteiger charge is -2.16. The topological polar surface area (TPSA) is 121 Å². The maximum Gasteiger partial charge on any atom is 0.165 e. The lowest BCUT2D eigenvalue weighted by atomic mass is 10.1. The van der Waals surface area contributed by atoms with Gasteiger partial charge in [-0.1, -0.05) is 0 Å². The van der Waals surface area contributed by atoms with Crippen molar-refractivity contribution in [1.29, 1.82) is 0 Å². The molecule has 1 aliphatic heterocycles. The molecule has 5 N–H and O–H groups in total. The number of nitrogens with zero attached hydrogens (tertiary/aromatic N) is 4. The summed E-state index contributed by atoms with van der Waals surface area (Å²) in [6, 6.07) is 0.419. The highest BCUT2D eigenvalue weighted by Gasteiger charge is 2.46. The minimum Gasteiger partial charge on any atom is -0.387 e. The third-order valence-electron chi connectivity index (χ3n) is 4.56. The maximum absolute atomic E-state index is 10.5. The van der Waals surface area contributed by atoms with Crippen molar-refractivity contribution < 1.29 is 20.7 Å². The van der Waals surface area contributed by atoms with Crippen LogP contribution in [0.1, 0.15) is 25.3 Å². The molecule has 2 aromatic rings. The van der Waals surface area contributed by atoms with Crippen LogP contribution in [0.3, 0.4) is 0 Å². The van der Waals surface area contributed by atoms with E-state index in [1.807, 2.05) is 6.92 Å². The quantitative estimate of drug-likeness (QED) is 0.455. The summed E-state index contributed by atoms with van der Waals surface area (Å²) in [6.07, 6.45) is 3.26. The lowest BCUT2D eigenvalue weighted by molar-refractivity contribution is -0.414. The zero-order valence-corrected chi connectivity index (χ0v) is 16.7. The Bertz CT molecular complexity index is 725. The number of hydrogen-bond donors (Lipinski definition) is 3. The predicted octanol–water partition coefficient (Wildman–Crippen LogP) is -0.527. The summed E-state index contributed by atoms with van der Waals surface area (Å²) in [4.78, 5) is 12.7. The second kappa shape index (κ2) is 8.62. The first-order valence-electron chi connectivity index (χ1n) is 8.46. The van der Waals surface area contributed by atoms with Crippen molar-refractivity contribution in [3.8, 4) is 0 Å². The maximum atomic E-state index is 10.5. The fourth-order valence-electron chi connectivity index (χ4n) is 3.02. The third kappa shape index (κ3) is 4.17. The number of aliphatic hydroxyl groups excluding tert-OH is 2. The van der Waals surface area contributed by atoms with Crippen molar-refractivity contribution in [3.05, 3.63) is 25.8 Å². The van der Waals surface area contributed by atoms with E-state index in [9.17, 15) is 10.2 Å². The van der Waals surface area contributed by atoms with Crippen molar-refractivity contribution in [3.63, 3.8) is 0 Å². The lowest BCUT2D eigenvalue weighted by Crippen LogP contribution is -2.59. The van der Waals surface area contributed by atoms with Gasteiger partial charge in [-0.05, 0) is 24.7 Å². The number of fused-ring (bicyclic) bond motifs is 1. The summed E-state index contributed by atoms with van der Waals surface area (Å²) in [5.74, 6) is 1.78. The van der Waals surface area contributed by atoms with Crippen LogP contribution < -0.4 is 5.73 Å². The standard InChI is InChI=1S/C16H26N5O3S.CH3/c1-9(17)4-5-25(3)6-11-13(22)14(23)16(24-11)21-8-20-12-10(2)18-7-19-15(12)21;/h7-9,11,13-14,16,22-23H,4-6,17H2,1-3H3;1H3/q+1;-1/p+1/t9-,11-,13-,14-,16-,25?;/m1./s1. The van der Waals surface area contributed by atoms with Crippen molar-refractivity contribution in [2.24, 2.45) is 0 Å². The van der Waals surface area contributed by atoms with Crippen molar-refractivity contribution in [1.82, 2.24) is 19.5 Å². The Hall–Kier alpha value is -1.26. The highest BCUT2D eigenvalue weighted by molar-refractivity contribution is 7.96. The Morgan fingerprint density at radius 1 is 1.31 bits per heavy atom. The zero-order valence-electron chi connectivity index (χ0n) is 15.9. The van der Waals surface area contributed by atoms with Crippen LogP contribution in [0.15, 0.2) is 12.7 Å². The summed E-state index contributed by atoms with van der Waals surface area (Å²) < 4.78 is 7.69. The van der Waals surface area contributed by atoms with Gasteiger partial charge in [0.15, 0.2) is 11.9 Å².